The summed E-state index contributed by atoms with van der Waals surface area (Å²) in [5.74, 6) is 0.826. The summed E-state index contributed by atoms with van der Waals surface area (Å²) in [5, 5.41) is 3.33. The second-order valence-electron chi connectivity index (χ2n) is 5.92. The van der Waals surface area contributed by atoms with Crippen LogP contribution in [-0.2, 0) is 0 Å². The Labute approximate surface area is 129 Å². The summed E-state index contributed by atoms with van der Waals surface area (Å²) in [6.45, 7) is 1.98. The Morgan fingerprint density at radius 3 is 2.68 bits per heavy atom. The molecule has 22 heavy (non-hydrogen) atoms. The van der Waals surface area contributed by atoms with E-state index in [1.807, 2.05) is 25.1 Å². The molecule has 6 heteroatoms. The van der Waals surface area contributed by atoms with Gasteiger partial charge in [-0.1, -0.05) is 6.07 Å². The predicted molar refractivity (Wildman–Crippen MR) is 84.4 cm³/mol. The van der Waals surface area contributed by atoms with Crippen LogP contribution in [0, 0.1) is 18.7 Å². The van der Waals surface area contributed by atoms with Crippen LogP contribution in [0.2, 0.25) is 0 Å². The lowest BCUT2D eigenvalue weighted by atomic mass is 10.1. The number of rotatable bonds is 5. The smallest absolute Gasteiger partial charge is 0.225 e. The quantitative estimate of drug-likeness (QED) is 0.920. The number of pyridine rings is 1. The monoisotopic (exact) mass is 301 g/mol. The molecule has 0 spiro atoms. The number of hydrogen-bond acceptors (Lipinski definition) is 5. The third-order valence-electron chi connectivity index (χ3n) is 3.76. The lowest BCUT2D eigenvalue weighted by Crippen LogP contribution is -2.19. The number of anilines is 2. The van der Waals surface area contributed by atoms with Gasteiger partial charge in [-0.2, -0.15) is 4.98 Å². The van der Waals surface area contributed by atoms with Gasteiger partial charge in [0.2, 0.25) is 5.95 Å². The highest BCUT2D eigenvalue weighted by atomic mass is 19.1. The molecular formula is C16H20FN5. The van der Waals surface area contributed by atoms with E-state index < -0.39 is 5.82 Å². The largest absolute Gasteiger partial charge is 0.360 e. The third kappa shape index (κ3) is 3.16. The molecule has 0 amide bonds. The van der Waals surface area contributed by atoms with E-state index in [9.17, 15) is 4.39 Å². The van der Waals surface area contributed by atoms with Crippen molar-refractivity contribution in [3.8, 4) is 0 Å². The fourth-order valence-corrected chi connectivity index (χ4v) is 2.48. The number of aromatic nitrogens is 3. The molecule has 0 aliphatic heterocycles. The lowest BCUT2D eigenvalue weighted by molar-refractivity contribution is 0.607. The molecule has 1 aliphatic carbocycles. The van der Waals surface area contributed by atoms with Crippen molar-refractivity contribution in [3.63, 3.8) is 0 Å². The Balaban J connectivity index is 1.87. The predicted octanol–water partition coefficient (Wildman–Crippen LogP) is 2.95. The third-order valence-corrected chi connectivity index (χ3v) is 3.76. The van der Waals surface area contributed by atoms with Gasteiger partial charge in [0.05, 0.1) is 17.9 Å². The number of halogens is 1. The molecule has 3 rings (SSSR count). The van der Waals surface area contributed by atoms with Crippen molar-refractivity contribution in [1.82, 2.24) is 15.0 Å². The zero-order chi connectivity index (χ0) is 15.7. The molecule has 1 aliphatic rings. The Kier molecular flexibility index (Phi) is 3.92. The van der Waals surface area contributed by atoms with Gasteiger partial charge >= 0.3 is 0 Å². The molecule has 1 atom stereocenters. The van der Waals surface area contributed by atoms with Gasteiger partial charge in [0.1, 0.15) is 0 Å². The summed E-state index contributed by atoms with van der Waals surface area (Å²) in [5.41, 5.74) is 1.97. The first kappa shape index (κ1) is 14.7. The van der Waals surface area contributed by atoms with Crippen LogP contribution in [0.3, 0.4) is 0 Å². The number of nitrogens with one attached hydrogen (secondary N) is 1. The van der Waals surface area contributed by atoms with E-state index in [-0.39, 0.29) is 11.9 Å². The first-order chi connectivity index (χ1) is 10.5. The van der Waals surface area contributed by atoms with Crippen LogP contribution >= 0.6 is 0 Å². The molecule has 116 valence electrons. The summed E-state index contributed by atoms with van der Waals surface area (Å²) in [4.78, 5) is 14.6. The summed E-state index contributed by atoms with van der Waals surface area (Å²) < 4.78 is 13.7. The van der Waals surface area contributed by atoms with Crippen molar-refractivity contribution in [2.75, 3.05) is 24.3 Å². The molecule has 5 nitrogen and oxygen atoms in total. The molecule has 2 heterocycles. The Morgan fingerprint density at radius 1 is 1.27 bits per heavy atom. The van der Waals surface area contributed by atoms with E-state index >= 15 is 0 Å². The summed E-state index contributed by atoms with van der Waals surface area (Å²) in [7, 11) is 3.52. The highest BCUT2D eigenvalue weighted by molar-refractivity contribution is 5.43. The fraction of sp³-hybridized carbons (Fsp3) is 0.438. The van der Waals surface area contributed by atoms with E-state index in [4.69, 9.17) is 0 Å². The maximum atomic E-state index is 13.7. The topological polar surface area (TPSA) is 53.9 Å². The van der Waals surface area contributed by atoms with E-state index in [1.54, 1.807) is 19.0 Å². The van der Waals surface area contributed by atoms with Crippen molar-refractivity contribution in [2.24, 2.45) is 5.92 Å². The maximum absolute atomic E-state index is 13.7. The maximum Gasteiger partial charge on any atom is 0.225 e. The first-order valence-electron chi connectivity index (χ1n) is 7.44. The van der Waals surface area contributed by atoms with Gasteiger partial charge < -0.3 is 10.2 Å². The second kappa shape index (κ2) is 5.87. The van der Waals surface area contributed by atoms with Crippen molar-refractivity contribution < 1.29 is 4.39 Å². The van der Waals surface area contributed by atoms with Gasteiger partial charge in [-0.25, -0.2) is 9.37 Å². The van der Waals surface area contributed by atoms with E-state index in [0.29, 0.717) is 11.9 Å². The summed E-state index contributed by atoms with van der Waals surface area (Å²) >= 11 is 0. The van der Waals surface area contributed by atoms with Gasteiger partial charge in [0, 0.05) is 19.8 Å². The number of nitrogens with zero attached hydrogens (tertiary/aromatic N) is 4. The Hall–Kier alpha value is -2.24. The average molecular weight is 301 g/mol. The number of hydrogen-bond donors (Lipinski definition) is 1. The van der Waals surface area contributed by atoms with Gasteiger partial charge in [-0.3, -0.25) is 4.98 Å². The van der Waals surface area contributed by atoms with Crippen LogP contribution < -0.4 is 10.2 Å². The number of aryl methyl sites for hydroxylation is 1. The van der Waals surface area contributed by atoms with E-state index in [0.717, 1.165) is 24.2 Å². The molecule has 0 bridgehead atoms. The van der Waals surface area contributed by atoms with Gasteiger partial charge in [0.25, 0.3) is 0 Å². The fourth-order valence-electron chi connectivity index (χ4n) is 2.48. The minimum absolute atomic E-state index is 0.0698. The van der Waals surface area contributed by atoms with Crippen LogP contribution in [0.5, 0.6) is 0 Å². The van der Waals surface area contributed by atoms with Gasteiger partial charge in [-0.15, -0.1) is 0 Å². The average Bonchev–Trinajstić information content (AvgIpc) is 3.30. The zero-order valence-electron chi connectivity index (χ0n) is 13.0. The standard InChI is InChI=1S/C16H20FN5/c1-10-5-4-6-13(19-10)14(11-7-8-11)20-16-18-9-12(17)15(21-16)22(2)3/h4-6,9,11,14H,7-8H2,1-3H3,(H,18,20,21)/t14-/m1/s1. The molecule has 2 aromatic rings. The molecular weight excluding hydrogens is 281 g/mol. The molecule has 0 unspecified atom stereocenters. The molecule has 1 fully saturated rings. The molecule has 0 radical (unpaired) electrons. The highest BCUT2D eigenvalue weighted by Crippen LogP contribution is 2.42. The molecule has 1 N–H and O–H groups in total. The summed E-state index contributed by atoms with van der Waals surface area (Å²) in [6, 6.07) is 6.07. The van der Waals surface area contributed by atoms with Crippen molar-refractivity contribution in [1.29, 1.82) is 0 Å². The van der Waals surface area contributed by atoms with Crippen LogP contribution in [0.25, 0.3) is 0 Å². The van der Waals surface area contributed by atoms with Crippen molar-refractivity contribution in [3.05, 3.63) is 41.6 Å². The molecule has 2 aromatic heterocycles. The van der Waals surface area contributed by atoms with E-state index in [2.05, 4.69) is 20.3 Å². The Bertz CT molecular complexity index is 669. The lowest BCUT2D eigenvalue weighted by Gasteiger charge is -2.19. The SMILES string of the molecule is Cc1cccc([C@H](Nc2ncc(F)c(N(C)C)n2)C2CC2)n1. The summed E-state index contributed by atoms with van der Waals surface area (Å²) in [6.07, 6.45) is 3.53. The molecule has 0 aromatic carbocycles. The molecule has 1 saturated carbocycles. The Morgan fingerprint density at radius 2 is 2.05 bits per heavy atom. The second-order valence-corrected chi connectivity index (χ2v) is 5.92. The normalized spacial score (nSPS) is 15.5. The zero-order valence-corrected chi connectivity index (χ0v) is 13.0. The van der Waals surface area contributed by atoms with Crippen LogP contribution in [0.15, 0.2) is 24.4 Å². The van der Waals surface area contributed by atoms with Crippen LogP contribution in [0.4, 0.5) is 16.2 Å². The van der Waals surface area contributed by atoms with Crippen LogP contribution in [-0.4, -0.2) is 29.0 Å². The van der Waals surface area contributed by atoms with Crippen molar-refractivity contribution in [2.45, 2.75) is 25.8 Å². The van der Waals surface area contributed by atoms with Gasteiger partial charge in [-0.05, 0) is 37.8 Å². The van der Waals surface area contributed by atoms with Crippen molar-refractivity contribution >= 4 is 11.8 Å². The first-order valence-corrected chi connectivity index (χ1v) is 7.44. The minimum atomic E-state index is -0.424. The van der Waals surface area contributed by atoms with Gasteiger partial charge in [0.15, 0.2) is 11.6 Å². The van der Waals surface area contributed by atoms with E-state index in [1.165, 1.54) is 6.20 Å². The molecule has 0 saturated heterocycles. The minimum Gasteiger partial charge on any atom is -0.360 e. The van der Waals surface area contributed by atoms with Crippen LogP contribution in [0.1, 0.15) is 30.3 Å². The highest BCUT2D eigenvalue weighted by Gasteiger charge is 2.34.